The Morgan fingerprint density at radius 2 is 2.12 bits per heavy atom. The molecule has 7 nitrogen and oxygen atoms in total. The Kier molecular flexibility index (Phi) is 4.20. The van der Waals surface area contributed by atoms with Gasteiger partial charge < -0.3 is 14.0 Å². The Bertz CT molecular complexity index is 905. The molecule has 0 aliphatic carbocycles. The largest absolute Gasteiger partial charge is 0.493 e. The molecule has 0 aliphatic rings. The lowest BCUT2D eigenvalue weighted by molar-refractivity contribution is 0.239. The van der Waals surface area contributed by atoms with Crippen molar-refractivity contribution in [1.29, 1.82) is 5.26 Å². The van der Waals surface area contributed by atoms with Gasteiger partial charge in [-0.25, -0.2) is 0 Å². The molecule has 0 amide bonds. The molecule has 3 rings (SSSR count). The predicted octanol–water partition coefficient (Wildman–Crippen LogP) is 2.84. The van der Waals surface area contributed by atoms with Gasteiger partial charge in [-0.3, -0.25) is 4.68 Å². The van der Waals surface area contributed by atoms with Gasteiger partial charge in [-0.1, -0.05) is 5.16 Å². The van der Waals surface area contributed by atoms with Gasteiger partial charge in [0.1, 0.15) is 12.3 Å². The van der Waals surface area contributed by atoms with Crippen LogP contribution in [0.2, 0.25) is 0 Å². The number of nitrogens with zero attached hydrogens (tertiary/aromatic N) is 4. The maximum atomic E-state index is 8.92. The molecule has 1 aromatic carbocycles. The van der Waals surface area contributed by atoms with E-state index in [9.17, 15) is 0 Å². The van der Waals surface area contributed by atoms with Gasteiger partial charge in [-0.2, -0.15) is 10.4 Å². The van der Waals surface area contributed by atoms with Crippen LogP contribution in [0.15, 0.2) is 35.0 Å². The molecule has 3 aromatic rings. The predicted molar refractivity (Wildman–Crippen MR) is 85.5 cm³/mol. The number of nitriles is 1. The van der Waals surface area contributed by atoms with Crippen molar-refractivity contribution >= 4 is 0 Å². The quantitative estimate of drug-likeness (QED) is 0.717. The second kappa shape index (κ2) is 6.46. The second-order valence-electron chi connectivity index (χ2n) is 5.21. The smallest absolute Gasteiger partial charge is 0.174 e. The van der Waals surface area contributed by atoms with Gasteiger partial charge in [-0.15, -0.1) is 0 Å². The Balaban J connectivity index is 1.74. The Labute approximate surface area is 139 Å². The van der Waals surface area contributed by atoms with Crippen LogP contribution in [0.4, 0.5) is 0 Å². The molecule has 0 spiro atoms. The Morgan fingerprint density at radius 3 is 2.79 bits per heavy atom. The highest BCUT2D eigenvalue weighted by Crippen LogP contribution is 2.29. The van der Waals surface area contributed by atoms with Gasteiger partial charge in [0.2, 0.25) is 0 Å². The topological polar surface area (TPSA) is 86.1 Å². The third-order valence-electron chi connectivity index (χ3n) is 3.73. The van der Waals surface area contributed by atoms with E-state index in [1.807, 2.05) is 20.0 Å². The molecule has 7 heteroatoms. The molecule has 0 aliphatic heterocycles. The number of rotatable bonds is 5. The van der Waals surface area contributed by atoms with Crippen molar-refractivity contribution in [1.82, 2.24) is 14.9 Å². The van der Waals surface area contributed by atoms with E-state index < -0.39 is 0 Å². The first-order chi connectivity index (χ1) is 11.6. The van der Waals surface area contributed by atoms with Crippen LogP contribution in [0, 0.1) is 18.3 Å². The summed E-state index contributed by atoms with van der Waals surface area (Å²) in [6.07, 6.45) is 1.75. The van der Waals surface area contributed by atoms with Crippen LogP contribution in [-0.2, 0) is 13.7 Å². The maximum absolute atomic E-state index is 8.92. The fourth-order valence-electron chi connectivity index (χ4n) is 2.26. The summed E-state index contributed by atoms with van der Waals surface area (Å²) in [5, 5.41) is 17.2. The van der Waals surface area contributed by atoms with E-state index in [0.29, 0.717) is 28.5 Å². The molecule has 0 unspecified atom stereocenters. The standard InChI is InChI=1S/C17H16N4O3/c1-11-14(9-19-21(11)2)15-7-13(24-20-15)10-23-16-5-4-12(8-18)6-17(16)22-3/h4-7,9H,10H2,1-3H3. The van der Waals surface area contributed by atoms with Gasteiger partial charge in [0.15, 0.2) is 17.3 Å². The first-order valence-electron chi connectivity index (χ1n) is 7.28. The third kappa shape index (κ3) is 2.94. The minimum absolute atomic E-state index is 0.203. The van der Waals surface area contributed by atoms with Crippen LogP contribution in [0.5, 0.6) is 11.5 Å². The van der Waals surface area contributed by atoms with E-state index in [1.165, 1.54) is 7.11 Å². The first-order valence-corrected chi connectivity index (χ1v) is 7.28. The van der Waals surface area contributed by atoms with Crippen molar-refractivity contribution in [2.24, 2.45) is 7.05 Å². The lowest BCUT2D eigenvalue weighted by atomic mass is 10.2. The summed E-state index contributed by atoms with van der Waals surface area (Å²) >= 11 is 0. The van der Waals surface area contributed by atoms with E-state index in [1.54, 1.807) is 29.1 Å². The van der Waals surface area contributed by atoms with Gasteiger partial charge in [-0.05, 0) is 19.1 Å². The summed E-state index contributed by atoms with van der Waals surface area (Å²) in [4.78, 5) is 0. The number of aryl methyl sites for hydroxylation is 1. The average Bonchev–Trinajstić information content (AvgIpc) is 3.20. The Morgan fingerprint density at radius 1 is 1.29 bits per heavy atom. The normalized spacial score (nSPS) is 10.4. The number of hydrogen-bond donors (Lipinski definition) is 0. The minimum Gasteiger partial charge on any atom is -0.493 e. The molecule has 122 valence electrons. The van der Waals surface area contributed by atoms with Crippen molar-refractivity contribution in [3.63, 3.8) is 0 Å². The Hall–Kier alpha value is -3.27. The highest BCUT2D eigenvalue weighted by Gasteiger charge is 2.13. The summed E-state index contributed by atoms with van der Waals surface area (Å²) in [7, 11) is 3.40. The fraction of sp³-hybridized carbons (Fsp3) is 0.235. The first kappa shape index (κ1) is 15.6. The third-order valence-corrected chi connectivity index (χ3v) is 3.73. The summed E-state index contributed by atoms with van der Waals surface area (Å²) in [6, 6.07) is 8.87. The lowest BCUT2D eigenvalue weighted by Gasteiger charge is -2.09. The molecule has 0 fully saturated rings. The molecular weight excluding hydrogens is 308 g/mol. The number of methoxy groups -OCH3 is 1. The summed E-state index contributed by atoms with van der Waals surface area (Å²) in [5.41, 5.74) is 3.15. The van der Waals surface area contributed by atoms with E-state index >= 15 is 0 Å². The zero-order valence-electron chi connectivity index (χ0n) is 13.6. The zero-order valence-corrected chi connectivity index (χ0v) is 13.6. The van der Waals surface area contributed by atoms with E-state index in [4.69, 9.17) is 19.3 Å². The monoisotopic (exact) mass is 324 g/mol. The molecule has 0 N–H and O–H groups in total. The number of hydrogen-bond acceptors (Lipinski definition) is 6. The van der Waals surface area contributed by atoms with Gasteiger partial charge in [0, 0.05) is 30.4 Å². The van der Waals surface area contributed by atoms with Gasteiger partial charge >= 0.3 is 0 Å². The van der Waals surface area contributed by atoms with Gasteiger partial charge in [0.25, 0.3) is 0 Å². The van der Waals surface area contributed by atoms with E-state index in [0.717, 1.165) is 11.3 Å². The lowest BCUT2D eigenvalue weighted by Crippen LogP contribution is -1.97. The maximum Gasteiger partial charge on any atom is 0.174 e. The summed E-state index contributed by atoms with van der Waals surface area (Å²) in [6.45, 7) is 2.17. The van der Waals surface area contributed by atoms with Crippen molar-refractivity contribution < 1.29 is 14.0 Å². The molecular formula is C17H16N4O3. The molecule has 24 heavy (non-hydrogen) atoms. The van der Waals surface area contributed by atoms with Crippen molar-refractivity contribution in [2.75, 3.05) is 7.11 Å². The van der Waals surface area contributed by atoms with Crippen molar-refractivity contribution in [3.8, 4) is 28.8 Å². The molecule has 0 radical (unpaired) electrons. The zero-order chi connectivity index (χ0) is 17.1. The van der Waals surface area contributed by atoms with Crippen LogP contribution in [0.1, 0.15) is 17.0 Å². The van der Waals surface area contributed by atoms with Crippen molar-refractivity contribution in [2.45, 2.75) is 13.5 Å². The van der Waals surface area contributed by atoms with Gasteiger partial charge in [0.05, 0.1) is 24.9 Å². The molecule has 0 atom stereocenters. The van der Waals surface area contributed by atoms with Crippen LogP contribution in [-0.4, -0.2) is 22.0 Å². The minimum atomic E-state index is 0.203. The SMILES string of the molecule is COc1cc(C#N)ccc1OCc1cc(-c2cnn(C)c2C)no1. The van der Waals surface area contributed by atoms with Crippen LogP contribution < -0.4 is 9.47 Å². The second-order valence-corrected chi connectivity index (χ2v) is 5.21. The molecule has 0 saturated carbocycles. The highest BCUT2D eigenvalue weighted by molar-refractivity contribution is 5.60. The summed E-state index contributed by atoms with van der Waals surface area (Å²) < 4.78 is 18.0. The molecule has 0 saturated heterocycles. The molecule has 2 aromatic heterocycles. The number of aromatic nitrogens is 3. The van der Waals surface area contributed by atoms with Crippen LogP contribution in [0.25, 0.3) is 11.3 Å². The summed E-state index contributed by atoms with van der Waals surface area (Å²) in [5.74, 6) is 1.61. The highest BCUT2D eigenvalue weighted by atomic mass is 16.5. The molecule has 0 bridgehead atoms. The fourth-order valence-corrected chi connectivity index (χ4v) is 2.26. The average molecular weight is 324 g/mol. The van der Waals surface area contributed by atoms with E-state index in [2.05, 4.69) is 16.3 Å². The van der Waals surface area contributed by atoms with Crippen molar-refractivity contribution in [3.05, 3.63) is 47.5 Å². The van der Waals surface area contributed by atoms with E-state index in [-0.39, 0.29) is 6.61 Å². The number of ether oxygens (including phenoxy) is 2. The van der Waals surface area contributed by atoms with Crippen LogP contribution in [0.3, 0.4) is 0 Å². The molecule has 2 heterocycles. The van der Waals surface area contributed by atoms with Crippen LogP contribution >= 0.6 is 0 Å². The number of benzene rings is 1.